The molecule has 7 nitrogen and oxygen atoms in total. The van der Waals surface area contributed by atoms with Crippen molar-refractivity contribution in [3.8, 4) is 5.75 Å². The fourth-order valence-electron chi connectivity index (χ4n) is 4.91. The summed E-state index contributed by atoms with van der Waals surface area (Å²) in [6, 6.07) is 14.5. The molecule has 3 aromatic rings. The Labute approximate surface area is 291 Å². The number of hydrogen-bond donors (Lipinski definition) is 2. The Hall–Kier alpha value is -2.97. The summed E-state index contributed by atoms with van der Waals surface area (Å²) in [5, 5.41) is 5.27. The molecule has 2 N–H and O–H groups in total. The molecule has 1 aliphatic heterocycles. The highest BCUT2D eigenvalue weighted by Gasteiger charge is 2.31. The number of halogens is 4. The van der Waals surface area contributed by atoms with Gasteiger partial charge in [-0.3, -0.25) is 15.0 Å². The average Bonchev–Trinajstić information content (AvgIpc) is 3.35. The number of anilines is 2. The predicted octanol–water partition coefficient (Wildman–Crippen LogP) is 10.4. The monoisotopic (exact) mass is 704 g/mol. The van der Waals surface area contributed by atoms with Gasteiger partial charge in [-0.1, -0.05) is 100 Å². The van der Waals surface area contributed by atoms with Gasteiger partial charge in [-0.25, -0.2) is 10.0 Å². The Morgan fingerprint density at radius 3 is 2.26 bits per heavy atom. The van der Waals surface area contributed by atoms with Crippen LogP contribution in [0.3, 0.4) is 0 Å². The number of amidine groups is 1. The van der Waals surface area contributed by atoms with Crippen molar-refractivity contribution in [2.24, 2.45) is 4.99 Å². The van der Waals surface area contributed by atoms with Crippen molar-refractivity contribution in [1.29, 1.82) is 0 Å². The van der Waals surface area contributed by atoms with Gasteiger partial charge in [0.05, 0.1) is 33.8 Å². The van der Waals surface area contributed by atoms with Gasteiger partial charge in [0, 0.05) is 22.7 Å². The van der Waals surface area contributed by atoms with Crippen LogP contribution in [0.2, 0.25) is 20.1 Å². The molecule has 4 rings (SSSR count). The molecule has 0 spiro atoms. The second-order valence-electron chi connectivity index (χ2n) is 12.6. The topological polar surface area (TPSA) is 83.0 Å². The summed E-state index contributed by atoms with van der Waals surface area (Å²) in [6.07, 6.45) is 2.81. The fourth-order valence-corrected chi connectivity index (χ4v) is 6.05. The fraction of sp³-hybridized carbons (Fsp3) is 0.400. The van der Waals surface area contributed by atoms with Gasteiger partial charge in [0.25, 0.3) is 5.91 Å². The van der Waals surface area contributed by atoms with Crippen LogP contribution in [0.15, 0.2) is 53.5 Å². The Morgan fingerprint density at radius 1 is 0.935 bits per heavy atom. The van der Waals surface area contributed by atoms with E-state index in [0.29, 0.717) is 40.3 Å². The van der Waals surface area contributed by atoms with E-state index < -0.39 is 0 Å². The van der Waals surface area contributed by atoms with E-state index in [0.717, 1.165) is 18.6 Å². The molecule has 1 saturated heterocycles. The molecule has 246 valence electrons. The lowest BCUT2D eigenvalue weighted by Crippen LogP contribution is -2.36. The maximum Gasteiger partial charge on any atom is 0.253 e. The van der Waals surface area contributed by atoms with Crippen molar-refractivity contribution in [2.75, 3.05) is 16.9 Å². The zero-order valence-corrected chi connectivity index (χ0v) is 30.0. The van der Waals surface area contributed by atoms with Crippen LogP contribution in [0, 0.1) is 0 Å². The van der Waals surface area contributed by atoms with E-state index in [1.165, 1.54) is 28.3 Å². The van der Waals surface area contributed by atoms with E-state index in [4.69, 9.17) is 51.1 Å². The maximum absolute atomic E-state index is 12.8. The van der Waals surface area contributed by atoms with E-state index in [9.17, 15) is 9.59 Å². The van der Waals surface area contributed by atoms with Crippen molar-refractivity contribution in [3.63, 3.8) is 0 Å². The van der Waals surface area contributed by atoms with Crippen molar-refractivity contribution in [3.05, 3.63) is 79.7 Å². The number of amides is 2. The average molecular weight is 707 g/mol. The predicted molar refractivity (Wildman–Crippen MR) is 192 cm³/mol. The number of carbonyl (C=O) groups is 2. The SMILES string of the molecule is CCC(C)(C)c1ccc(OCCCC(=O)Nc2ccc(Cl)c(N=C3CC(=O)N(c4c(Cl)cc(Cl)cc4Cl)N3)c2)c(C(C)(C)CC)c1. The van der Waals surface area contributed by atoms with Gasteiger partial charge in [-0.15, -0.1) is 0 Å². The number of aliphatic imine (C=N–C) groups is 1. The number of nitrogens with one attached hydrogen (secondary N) is 2. The lowest BCUT2D eigenvalue weighted by Gasteiger charge is -2.30. The van der Waals surface area contributed by atoms with E-state index in [-0.39, 0.29) is 51.2 Å². The first-order chi connectivity index (χ1) is 21.6. The Balaban J connectivity index is 1.38. The summed E-state index contributed by atoms with van der Waals surface area (Å²) >= 11 is 25.0. The third-order valence-electron chi connectivity index (χ3n) is 8.56. The van der Waals surface area contributed by atoms with Gasteiger partial charge in [-0.2, -0.15) is 0 Å². The number of ether oxygens (including phenoxy) is 1. The van der Waals surface area contributed by atoms with Gasteiger partial charge in [0.15, 0.2) is 0 Å². The van der Waals surface area contributed by atoms with E-state index in [1.807, 2.05) is 0 Å². The molecule has 0 aliphatic carbocycles. The molecular formula is C35H40Cl4N4O3. The van der Waals surface area contributed by atoms with Gasteiger partial charge >= 0.3 is 0 Å². The first-order valence-corrected chi connectivity index (χ1v) is 16.8. The summed E-state index contributed by atoms with van der Waals surface area (Å²) in [5.74, 6) is 0.735. The molecule has 0 radical (unpaired) electrons. The van der Waals surface area contributed by atoms with Gasteiger partial charge < -0.3 is 10.1 Å². The first-order valence-electron chi connectivity index (χ1n) is 15.3. The molecule has 1 fully saturated rings. The molecule has 0 aromatic heterocycles. The highest BCUT2D eigenvalue weighted by Crippen LogP contribution is 2.39. The number of hydrogen-bond acceptors (Lipinski definition) is 4. The third kappa shape index (κ3) is 8.48. The van der Waals surface area contributed by atoms with Crippen molar-refractivity contribution in [1.82, 2.24) is 5.43 Å². The lowest BCUT2D eigenvalue weighted by molar-refractivity contribution is -0.117. The van der Waals surface area contributed by atoms with Crippen LogP contribution in [0.5, 0.6) is 5.75 Å². The highest BCUT2D eigenvalue weighted by molar-refractivity contribution is 6.42. The first kappa shape index (κ1) is 35.9. The minimum atomic E-state index is -0.307. The third-order valence-corrected chi connectivity index (χ3v) is 9.68. The normalized spacial score (nSPS) is 14.5. The number of nitrogens with zero attached hydrogens (tertiary/aromatic N) is 2. The molecule has 0 atom stereocenters. The van der Waals surface area contributed by atoms with E-state index in [1.54, 1.807) is 18.2 Å². The second-order valence-corrected chi connectivity index (χ2v) is 14.3. The number of carbonyl (C=O) groups excluding carboxylic acids is 2. The Bertz CT molecular complexity index is 1630. The largest absolute Gasteiger partial charge is 0.493 e. The summed E-state index contributed by atoms with van der Waals surface area (Å²) < 4.78 is 6.23. The standard InChI is InChI=1S/C35H40Cl4N4O3/c1-7-34(3,4)21-11-14-29(24(16-21)35(5,6)8-2)46-15-9-10-31(44)40-23-12-13-25(37)28(19-23)41-30-20-32(45)43(42-30)33-26(38)17-22(36)18-27(33)39/h11-14,16-19H,7-10,15,20H2,1-6H3,(H,40,44)(H,41,42). The van der Waals surface area contributed by atoms with Crippen molar-refractivity contribution >= 4 is 81.1 Å². The zero-order chi connectivity index (χ0) is 33.8. The molecule has 11 heteroatoms. The van der Waals surface area contributed by atoms with Crippen LogP contribution in [0.4, 0.5) is 17.1 Å². The molecule has 1 aliphatic rings. The van der Waals surface area contributed by atoms with Crippen molar-refractivity contribution < 1.29 is 14.3 Å². The van der Waals surface area contributed by atoms with Gasteiger partial charge in [-0.05, 0) is 72.1 Å². The summed E-state index contributed by atoms with van der Waals surface area (Å²) in [5.41, 5.74) is 6.65. The number of benzene rings is 3. The Kier molecular flexibility index (Phi) is 11.6. The maximum atomic E-state index is 12.8. The molecule has 46 heavy (non-hydrogen) atoms. The van der Waals surface area contributed by atoms with Crippen LogP contribution in [0.1, 0.15) is 84.8 Å². The Morgan fingerprint density at radius 2 is 1.61 bits per heavy atom. The number of rotatable bonds is 12. The highest BCUT2D eigenvalue weighted by atomic mass is 35.5. The quantitative estimate of drug-likeness (QED) is 0.184. The van der Waals surface area contributed by atoms with E-state index >= 15 is 0 Å². The van der Waals surface area contributed by atoms with Gasteiger partial charge in [0.2, 0.25) is 5.91 Å². The van der Waals surface area contributed by atoms with Gasteiger partial charge in [0.1, 0.15) is 17.3 Å². The van der Waals surface area contributed by atoms with Crippen LogP contribution in [0.25, 0.3) is 0 Å². The molecule has 0 saturated carbocycles. The number of hydrazine groups is 1. The summed E-state index contributed by atoms with van der Waals surface area (Å²) in [6.45, 7) is 13.8. The van der Waals surface area contributed by atoms with Crippen molar-refractivity contribution in [2.45, 2.75) is 84.5 Å². The molecular weight excluding hydrogens is 666 g/mol. The minimum absolute atomic E-state index is 0.0293. The molecule has 0 bridgehead atoms. The smallest absolute Gasteiger partial charge is 0.253 e. The zero-order valence-electron chi connectivity index (χ0n) is 27.0. The van der Waals surface area contributed by atoms with Crippen LogP contribution in [-0.2, 0) is 20.4 Å². The molecule has 1 heterocycles. The summed E-state index contributed by atoms with van der Waals surface area (Å²) in [7, 11) is 0. The molecule has 0 unspecified atom stereocenters. The lowest BCUT2D eigenvalue weighted by atomic mass is 9.76. The minimum Gasteiger partial charge on any atom is -0.493 e. The molecule has 3 aromatic carbocycles. The second kappa shape index (κ2) is 14.8. The van der Waals surface area contributed by atoms with Crippen LogP contribution >= 0.6 is 46.4 Å². The van der Waals surface area contributed by atoms with Crippen LogP contribution < -0.4 is 20.5 Å². The summed E-state index contributed by atoms with van der Waals surface area (Å²) in [4.78, 5) is 30.1. The van der Waals surface area contributed by atoms with E-state index in [2.05, 4.69) is 75.5 Å². The molecule has 2 amide bonds. The van der Waals surface area contributed by atoms with Crippen LogP contribution in [-0.4, -0.2) is 24.3 Å².